The van der Waals surface area contributed by atoms with Gasteiger partial charge in [-0.05, 0) is 50.2 Å². The van der Waals surface area contributed by atoms with Crippen LogP contribution >= 0.6 is 0 Å². The molecule has 2 N–H and O–H groups in total. The first-order chi connectivity index (χ1) is 12.2. The van der Waals surface area contributed by atoms with Gasteiger partial charge in [-0.3, -0.25) is 9.62 Å². The van der Waals surface area contributed by atoms with Crippen LogP contribution in [-0.2, 0) is 20.2 Å². The maximum Gasteiger partial charge on any atom is 0.301 e. The van der Waals surface area contributed by atoms with Gasteiger partial charge in [0.1, 0.15) is 0 Å². The zero-order valence-electron chi connectivity index (χ0n) is 15.5. The molecule has 10 heteroatoms. The summed E-state index contributed by atoms with van der Waals surface area (Å²) in [7, 11) is -4.43. The Kier molecular flexibility index (Phi) is 7.03. The van der Waals surface area contributed by atoms with Crippen LogP contribution in [0.25, 0.3) is 0 Å². The van der Waals surface area contributed by atoms with Gasteiger partial charge in [0.2, 0.25) is 10.0 Å². The third-order valence-electron chi connectivity index (χ3n) is 4.56. The normalized spacial score (nSPS) is 19.6. The summed E-state index contributed by atoms with van der Waals surface area (Å²) in [6.07, 6.45) is 3.26. The van der Waals surface area contributed by atoms with Gasteiger partial charge in [-0.1, -0.05) is 13.3 Å². The Balaban J connectivity index is 2.02. The topological polar surface area (TPSA) is 98.8 Å². The highest BCUT2D eigenvalue weighted by atomic mass is 32.2. The fourth-order valence-corrected chi connectivity index (χ4v) is 4.63. The molecule has 1 fully saturated rings. The smallest absolute Gasteiger partial charge is 0.299 e. The van der Waals surface area contributed by atoms with Gasteiger partial charge in [0.15, 0.2) is 0 Å². The number of anilines is 1. The molecule has 148 valence electrons. The maximum absolute atomic E-state index is 12.5. The molecular weight excluding hydrogens is 376 g/mol. The molecule has 0 unspecified atom stereocenters. The third kappa shape index (κ3) is 5.40. The second-order valence-electron chi connectivity index (χ2n) is 6.54. The van der Waals surface area contributed by atoms with Crippen LogP contribution in [0.5, 0.6) is 0 Å². The maximum atomic E-state index is 12.5. The van der Waals surface area contributed by atoms with E-state index in [-0.39, 0.29) is 10.9 Å². The summed E-state index contributed by atoms with van der Waals surface area (Å²) in [6, 6.07) is 5.89. The number of piperidine rings is 1. The van der Waals surface area contributed by atoms with Crippen molar-refractivity contribution >= 4 is 25.9 Å². The highest BCUT2D eigenvalue weighted by Gasteiger charge is 2.23. The summed E-state index contributed by atoms with van der Waals surface area (Å²) in [5, 5.41) is 0. The van der Waals surface area contributed by atoms with E-state index in [2.05, 4.69) is 21.3 Å². The molecule has 1 atom stereocenters. The lowest BCUT2D eigenvalue weighted by molar-refractivity contribution is 0.158. The van der Waals surface area contributed by atoms with E-state index in [4.69, 9.17) is 0 Å². The van der Waals surface area contributed by atoms with Crippen molar-refractivity contribution in [2.24, 2.45) is 0 Å². The number of sulfonamides is 1. The molecule has 0 radical (unpaired) electrons. The standard InChI is InChI=1S/C16H28N4O4S2/c1-4-20-12-6-5-7-15(20)13-17-25(21,22)16-10-8-14(9-11-16)18-26(23,24)19(2)3/h8-11,15,17-18H,4-7,12-13H2,1-3H3/t15-/m1/s1. The van der Waals surface area contributed by atoms with Gasteiger partial charge < -0.3 is 0 Å². The quantitative estimate of drug-likeness (QED) is 0.675. The Morgan fingerprint density at radius 1 is 1.12 bits per heavy atom. The van der Waals surface area contributed by atoms with Gasteiger partial charge in [-0.15, -0.1) is 0 Å². The Morgan fingerprint density at radius 3 is 2.35 bits per heavy atom. The molecule has 8 nitrogen and oxygen atoms in total. The van der Waals surface area contributed by atoms with Crippen LogP contribution in [0.3, 0.4) is 0 Å². The molecule has 1 heterocycles. The minimum absolute atomic E-state index is 0.115. The van der Waals surface area contributed by atoms with Crippen molar-refractivity contribution in [1.29, 1.82) is 0 Å². The molecule has 0 bridgehead atoms. The molecule has 1 aliphatic heterocycles. The summed E-state index contributed by atoms with van der Waals surface area (Å²) in [5.41, 5.74) is 0.307. The Bertz CT molecular complexity index is 792. The predicted molar refractivity (Wildman–Crippen MR) is 103 cm³/mol. The first-order valence-corrected chi connectivity index (χ1v) is 11.6. The van der Waals surface area contributed by atoms with E-state index in [1.54, 1.807) is 0 Å². The second kappa shape index (κ2) is 8.66. The fraction of sp³-hybridized carbons (Fsp3) is 0.625. The number of likely N-dealkylation sites (tertiary alicyclic amines) is 1. The fourth-order valence-electron chi connectivity index (χ4n) is 2.94. The lowest BCUT2D eigenvalue weighted by atomic mass is 10.0. The van der Waals surface area contributed by atoms with Gasteiger partial charge in [0, 0.05) is 32.4 Å². The average Bonchev–Trinajstić information content (AvgIpc) is 2.60. The minimum Gasteiger partial charge on any atom is -0.299 e. The number of hydrogen-bond acceptors (Lipinski definition) is 5. The summed E-state index contributed by atoms with van der Waals surface area (Å²) in [6.45, 7) is 4.38. The number of rotatable bonds is 8. The third-order valence-corrected chi connectivity index (χ3v) is 7.45. The molecule has 2 rings (SSSR count). The van der Waals surface area contributed by atoms with Crippen LogP contribution in [-0.4, -0.2) is 65.8 Å². The molecule has 0 amide bonds. The van der Waals surface area contributed by atoms with Crippen molar-refractivity contribution in [2.75, 3.05) is 38.5 Å². The molecule has 0 aromatic heterocycles. The Hall–Kier alpha value is -1.20. The summed E-state index contributed by atoms with van der Waals surface area (Å²) in [5.74, 6) is 0. The van der Waals surface area contributed by atoms with Crippen LogP contribution in [0.2, 0.25) is 0 Å². The summed E-state index contributed by atoms with van der Waals surface area (Å²) < 4.78 is 54.7. The van der Waals surface area contributed by atoms with Crippen molar-refractivity contribution in [3.8, 4) is 0 Å². The molecule has 1 aliphatic rings. The van der Waals surface area contributed by atoms with Crippen molar-refractivity contribution in [1.82, 2.24) is 13.9 Å². The molecule has 0 spiro atoms. The van der Waals surface area contributed by atoms with E-state index < -0.39 is 20.2 Å². The zero-order chi connectivity index (χ0) is 19.4. The molecule has 0 saturated carbocycles. The highest BCUT2D eigenvalue weighted by Crippen LogP contribution is 2.18. The zero-order valence-corrected chi connectivity index (χ0v) is 17.1. The SMILES string of the molecule is CCN1CCCC[C@@H]1CNS(=O)(=O)c1ccc(NS(=O)(=O)N(C)C)cc1. The summed E-state index contributed by atoms with van der Waals surface area (Å²) >= 11 is 0. The van der Waals surface area contributed by atoms with Gasteiger partial charge in [0.25, 0.3) is 0 Å². The van der Waals surface area contributed by atoms with Crippen molar-refractivity contribution in [3.05, 3.63) is 24.3 Å². The van der Waals surface area contributed by atoms with Crippen LogP contribution in [0.4, 0.5) is 5.69 Å². The van der Waals surface area contributed by atoms with Gasteiger partial charge in [-0.2, -0.15) is 12.7 Å². The first kappa shape index (κ1) is 21.1. The number of benzene rings is 1. The largest absolute Gasteiger partial charge is 0.301 e. The lowest BCUT2D eigenvalue weighted by Crippen LogP contribution is -2.46. The Morgan fingerprint density at radius 2 is 1.77 bits per heavy atom. The molecule has 1 aromatic carbocycles. The van der Waals surface area contributed by atoms with Crippen LogP contribution in [0.1, 0.15) is 26.2 Å². The Labute approximate surface area is 156 Å². The van der Waals surface area contributed by atoms with E-state index in [9.17, 15) is 16.8 Å². The number of hydrogen-bond donors (Lipinski definition) is 2. The second-order valence-corrected chi connectivity index (χ2v) is 10.2. The van der Waals surface area contributed by atoms with E-state index in [1.807, 2.05) is 0 Å². The van der Waals surface area contributed by atoms with Gasteiger partial charge in [-0.25, -0.2) is 13.1 Å². The van der Waals surface area contributed by atoms with Crippen molar-refractivity contribution in [3.63, 3.8) is 0 Å². The van der Waals surface area contributed by atoms with E-state index >= 15 is 0 Å². The van der Waals surface area contributed by atoms with Crippen LogP contribution in [0, 0.1) is 0 Å². The molecule has 0 aliphatic carbocycles. The highest BCUT2D eigenvalue weighted by molar-refractivity contribution is 7.90. The van der Waals surface area contributed by atoms with Gasteiger partial charge in [0.05, 0.1) is 4.90 Å². The molecule has 26 heavy (non-hydrogen) atoms. The van der Waals surface area contributed by atoms with Crippen molar-refractivity contribution in [2.45, 2.75) is 37.1 Å². The first-order valence-electron chi connectivity index (χ1n) is 8.70. The summed E-state index contributed by atoms with van der Waals surface area (Å²) in [4.78, 5) is 2.41. The molecular formula is C16H28N4O4S2. The predicted octanol–water partition coefficient (Wildman–Crippen LogP) is 1.06. The average molecular weight is 405 g/mol. The molecule has 1 aromatic rings. The monoisotopic (exact) mass is 404 g/mol. The number of nitrogens with one attached hydrogen (secondary N) is 2. The lowest BCUT2D eigenvalue weighted by Gasteiger charge is -2.34. The number of nitrogens with zero attached hydrogens (tertiary/aromatic N) is 2. The van der Waals surface area contributed by atoms with Crippen LogP contribution < -0.4 is 9.44 Å². The van der Waals surface area contributed by atoms with Gasteiger partial charge >= 0.3 is 10.2 Å². The van der Waals surface area contributed by atoms with Crippen molar-refractivity contribution < 1.29 is 16.8 Å². The van der Waals surface area contributed by atoms with Crippen LogP contribution in [0.15, 0.2) is 29.2 Å². The minimum atomic E-state index is -3.63. The molecule has 1 saturated heterocycles. The van der Waals surface area contributed by atoms with E-state index in [1.165, 1.54) is 38.4 Å². The van der Waals surface area contributed by atoms with E-state index in [0.717, 1.165) is 36.7 Å². The van der Waals surface area contributed by atoms with E-state index in [0.29, 0.717) is 12.2 Å². The number of likely N-dealkylation sites (N-methyl/N-ethyl adjacent to an activating group) is 1.